The Kier molecular flexibility index (Phi) is 5.10. The highest BCUT2D eigenvalue weighted by molar-refractivity contribution is 6.32. The zero-order chi connectivity index (χ0) is 20.4. The molecule has 0 atom stereocenters. The Bertz CT molecular complexity index is 1300. The molecular weight excluding hydrogens is 393 g/mol. The fourth-order valence-corrected chi connectivity index (χ4v) is 3.00. The molecule has 7 heteroatoms. The summed E-state index contributed by atoms with van der Waals surface area (Å²) in [5.74, 6) is -0.503. The quantitative estimate of drug-likeness (QED) is 0.493. The number of nitrogens with one attached hydrogen (secondary N) is 1. The number of anilines is 1. The number of hydrogen-bond acceptors (Lipinski definition) is 4. The maximum Gasteiger partial charge on any atom is 0.262 e. The first-order valence-corrected chi connectivity index (χ1v) is 9.15. The van der Waals surface area contributed by atoms with Gasteiger partial charge in [0.25, 0.3) is 5.91 Å². The molecule has 144 valence electrons. The molecule has 0 bridgehead atoms. The summed E-state index contributed by atoms with van der Waals surface area (Å²) >= 11 is 6.09. The van der Waals surface area contributed by atoms with E-state index < -0.39 is 11.7 Å². The number of carbonyl (C=O) groups is 1. The highest BCUT2D eigenvalue weighted by Gasteiger charge is 2.14. The number of amides is 1. The molecule has 0 aliphatic heterocycles. The highest BCUT2D eigenvalue weighted by atomic mass is 35.5. The molecule has 2 aromatic heterocycles. The van der Waals surface area contributed by atoms with E-state index in [1.165, 1.54) is 12.1 Å². The van der Waals surface area contributed by atoms with Gasteiger partial charge in [0.1, 0.15) is 22.8 Å². The van der Waals surface area contributed by atoms with Crippen LogP contribution in [0.4, 0.5) is 15.9 Å². The Balaban J connectivity index is 1.86. The number of benzene rings is 2. The number of aromatic nitrogens is 1. The Labute approximate surface area is 170 Å². The standard InChI is InChI=1S/C22H15ClFN3O2/c1-13-5-4-8-20(25-13)27-21(28)16-11-14-6-2-3-7-19(14)29-22(16)26-18-10-9-15(24)12-17(18)23/h2-12H,1H3,(H,25,27,28). The van der Waals surface area contributed by atoms with Crippen molar-refractivity contribution in [3.05, 3.63) is 94.4 Å². The van der Waals surface area contributed by atoms with Gasteiger partial charge >= 0.3 is 0 Å². The number of carbonyl (C=O) groups excluding carboxylic acids is 1. The lowest BCUT2D eigenvalue weighted by Crippen LogP contribution is -2.22. The summed E-state index contributed by atoms with van der Waals surface area (Å²) in [6.07, 6.45) is 0. The molecule has 4 aromatic rings. The maximum absolute atomic E-state index is 13.4. The molecule has 0 aliphatic carbocycles. The van der Waals surface area contributed by atoms with Gasteiger partial charge in [0, 0.05) is 11.1 Å². The molecule has 2 aromatic carbocycles. The first-order valence-electron chi connectivity index (χ1n) is 8.77. The predicted molar refractivity (Wildman–Crippen MR) is 110 cm³/mol. The van der Waals surface area contributed by atoms with Crippen molar-refractivity contribution in [3.8, 4) is 0 Å². The van der Waals surface area contributed by atoms with Crippen molar-refractivity contribution >= 4 is 40.0 Å². The van der Waals surface area contributed by atoms with E-state index in [2.05, 4.69) is 15.3 Å². The lowest BCUT2D eigenvalue weighted by atomic mass is 10.1. The third-order valence-corrected chi connectivity index (χ3v) is 4.46. The number of halogens is 2. The molecule has 1 N–H and O–H groups in total. The van der Waals surface area contributed by atoms with E-state index >= 15 is 0 Å². The van der Waals surface area contributed by atoms with Crippen molar-refractivity contribution < 1.29 is 13.6 Å². The normalized spacial score (nSPS) is 11.6. The van der Waals surface area contributed by atoms with E-state index in [-0.39, 0.29) is 21.8 Å². The van der Waals surface area contributed by atoms with Crippen LogP contribution in [0.1, 0.15) is 16.1 Å². The second-order valence-electron chi connectivity index (χ2n) is 6.33. The fraction of sp³-hybridized carbons (Fsp3) is 0.0455. The first-order chi connectivity index (χ1) is 14.0. The van der Waals surface area contributed by atoms with E-state index in [4.69, 9.17) is 16.0 Å². The van der Waals surface area contributed by atoms with Crippen LogP contribution >= 0.6 is 11.6 Å². The Morgan fingerprint density at radius 1 is 1.10 bits per heavy atom. The molecule has 0 radical (unpaired) electrons. The van der Waals surface area contributed by atoms with Gasteiger partial charge in [-0.05, 0) is 49.4 Å². The molecular formula is C22H15ClFN3O2. The second kappa shape index (κ2) is 7.85. The van der Waals surface area contributed by atoms with Crippen LogP contribution in [0.3, 0.4) is 0 Å². The number of aryl methyl sites for hydroxylation is 1. The third-order valence-electron chi connectivity index (χ3n) is 4.16. The van der Waals surface area contributed by atoms with Gasteiger partial charge in [-0.2, -0.15) is 0 Å². The van der Waals surface area contributed by atoms with Crippen LogP contribution in [0, 0.1) is 12.7 Å². The Morgan fingerprint density at radius 3 is 2.72 bits per heavy atom. The number of hydrogen-bond donors (Lipinski definition) is 1. The van der Waals surface area contributed by atoms with E-state index in [9.17, 15) is 9.18 Å². The minimum atomic E-state index is -0.479. The van der Waals surface area contributed by atoms with E-state index in [1.54, 1.807) is 24.3 Å². The SMILES string of the molecule is Cc1cccc(NC(=O)c2cc3ccccc3oc2=Nc2ccc(F)cc2Cl)n1. The third kappa shape index (κ3) is 4.17. The number of para-hydroxylation sites is 1. The van der Waals surface area contributed by atoms with Crippen molar-refractivity contribution in [1.29, 1.82) is 0 Å². The van der Waals surface area contributed by atoms with Crippen LogP contribution in [-0.4, -0.2) is 10.9 Å². The van der Waals surface area contributed by atoms with Crippen molar-refractivity contribution in [3.63, 3.8) is 0 Å². The summed E-state index contributed by atoms with van der Waals surface area (Å²) in [4.78, 5) is 21.6. The van der Waals surface area contributed by atoms with Crippen molar-refractivity contribution in [2.75, 3.05) is 5.32 Å². The topological polar surface area (TPSA) is 67.5 Å². The molecule has 0 unspecified atom stereocenters. The molecule has 4 rings (SSSR count). The van der Waals surface area contributed by atoms with Crippen LogP contribution < -0.4 is 10.9 Å². The van der Waals surface area contributed by atoms with Gasteiger partial charge in [-0.3, -0.25) is 4.79 Å². The zero-order valence-electron chi connectivity index (χ0n) is 15.3. The van der Waals surface area contributed by atoms with Gasteiger partial charge < -0.3 is 9.73 Å². The average molecular weight is 408 g/mol. The second-order valence-corrected chi connectivity index (χ2v) is 6.74. The van der Waals surface area contributed by atoms with Crippen LogP contribution in [0.25, 0.3) is 11.0 Å². The number of rotatable bonds is 3. The molecule has 0 saturated carbocycles. The van der Waals surface area contributed by atoms with Gasteiger partial charge in [-0.15, -0.1) is 0 Å². The molecule has 5 nitrogen and oxygen atoms in total. The summed E-state index contributed by atoms with van der Waals surface area (Å²) in [5.41, 5.74) is 1.87. The number of nitrogens with zero attached hydrogens (tertiary/aromatic N) is 2. The lowest BCUT2D eigenvalue weighted by Gasteiger charge is -2.07. The summed E-state index contributed by atoms with van der Waals surface area (Å²) in [6, 6.07) is 18.1. The molecule has 2 heterocycles. The van der Waals surface area contributed by atoms with Gasteiger partial charge in [0.15, 0.2) is 0 Å². The minimum Gasteiger partial charge on any atom is -0.438 e. The largest absolute Gasteiger partial charge is 0.438 e. The number of fused-ring (bicyclic) bond motifs is 1. The van der Waals surface area contributed by atoms with Crippen molar-refractivity contribution in [2.24, 2.45) is 4.99 Å². The van der Waals surface area contributed by atoms with Crippen molar-refractivity contribution in [1.82, 2.24) is 4.98 Å². The summed E-state index contributed by atoms with van der Waals surface area (Å²) < 4.78 is 19.2. The summed E-state index contributed by atoms with van der Waals surface area (Å²) in [6.45, 7) is 1.83. The van der Waals surface area contributed by atoms with Crippen molar-refractivity contribution in [2.45, 2.75) is 6.92 Å². The van der Waals surface area contributed by atoms with E-state index in [1.807, 2.05) is 31.2 Å². The molecule has 0 aliphatic rings. The van der Waals surface area contributed by atoms with Crippen LogP contribution in [0.15, 0.2) is 76.1 Å². The smallest absolute Gasteiger partial charge is 0.262 e. The van der Waals surface area contributed by atoms with Crippen LogP contribution in [0.2, 0.25) is 5.02 Å². The Hall–Kier alpha value is -3.51. The molecule has 29 heavy (non-hydrogen) atoms. The predicted octanol–water partition coefficient (Wildman–Crippen LogP) is 5.41. The molecule has 1 amide bonds. The monoisotopic (exact) mass is 407 g/mol. The number of pyridine rings is 1. The molecule has 0 spiro atoms. The van der Waals surface area contributed by atoms with Gasteiger partial charge in [-0.25, -0.2) is 14.4 Å². The lowest BCUT2D eigenvalue weighted by molar-refractivity contribution is 0.102. The van der Waals surface area contributed by atoms with Gasteiger partial charge in [0.05, 0.1) is 10.7 Å². The molecule has 0 fully saturated rings. The summed E-state index contributed by atoms with van der Waals surface area (Å²) in [5, 5.41) is 3.60. The van der Waals surface area contributed by atoms with Gasteiger partial charge in [-0.1, -0.05) is 35.9 Å². The summed E-state index contributed by atoms with van der Waals surface area (Å²) in [7, 11) is 0. The van der Waals surface area contributed by atoms with E-state index in [0.717, 1.165) is 17.1 Å². The molecule has 0 saturated heterocycles. The highest BCUT2D eigenvalue weighted by Crippen LogP contribution is 2.25. The van der Waals surface area contributed by atoms with Crippen LogP contribution in [-0.2, 0) is 0 Å². The zero-order valence-corrected chi connectivity index (χ0v) is 16.1. The Morgan fingerprint density at radius 2 is 1.93 bits per heavy atom. The van der Waals surface area contributed by atoms with Crippen LogP contribution in [0.5, 0.6) is 0 Å². The first kappa shape index (κ1) is 18.8. The van der Waals surface area contributed by atoms with E-state index in [0.29, 0.717) is 11.4 Å². The average Bonchev–Trinajstić information content (AvgIpc) is 2.69. The maximum atomic E-state index is 13.4. The fourth-order valence-electron chi connectivity index (χ4n) is 2.79. The van der Waals surface area contributed by atoms with Gasteiger partial charge in [0.2, 0.25) is 5.55 Å². The minimum absolute atomic E-state index is 0.0577.